The third-order valence-corrected chi connectivity index (χ3v) is 5.46. The van der Waals surface area contributed by atoms with Crippen LogP contribution in [0.15, 0.2) is 52.9 Å². The van der Waals surface area contributed by atoms with Crippen LogP contribution in [0.5, 0.6) is 11.5 Å². The van der Waals surface area contributed by atoms with Crippen LogP contribution in [0.1, 0.15) is 37.2 Å². The van der Waals surface area contributed by atoms with Crippen molar-refractivity contribution in [3.05, 3.63) is 70.4 Å². The maximum absolute atomic E-state index is 12.8. The second kappa shape index (κ2) is 10.0. The Morgan fingerprint density at radius 2 is 1.76 bits per heavy atom. The minimum Gasteiger partial charge on any atom is -0.494 e. The average Bonchev–Trinajstić information content (AvgIpc) is 3.13. The zero-order valence-electron chi connectivity index (χ0n) is 18.8. The Bertz CT molecular complexity index is 1150. The number of ether oxygens (including phenoxy) is 2. The number of alkyl halides is 3. The summed E-state index contributed by atoms with van der Waals surface area (Å²) in [6, 6.07) is 11.4. The number of aliphatic carboxylic acids is 1. The van der Waals surface area contributed by atoms with Gasteiger partial charge >= 0.3 is 12.1 Å². The van der Waals surface area contributed by atoms with E-state index in [4.69, 9.17) is 25.5 Å². The van der Waals surface area contributed by atoms with Gasteiger partial charge < -0.3 is 19.0 Å². The summed E-state index contributed by atoms with van der Waals surface area (Å²) in [5, 5.41) is 9.41. The van der Waals surface area contributed by atoms with Gasteiger partial charge in [-0.15, -0.1) is 0 Å². The number of halogens is 4. The first kappa shape index (κ1) is 25.5. The van der Waals surface area contributed by atoms with E-state index in [1.54, 1.807) is 25.1 Å². The van der Waals surface area contributed by atoms with E-state index in [1.165, 1.54) is 26.0 Å². The van der Waals surface area contributed by atoms with Gasteiger partial charge in [-0.3, -0.25) is 0 Å². The lowest BCUT2D eigenvalue weighted by atomic mass is 10.1. The molecule has 0 spiro atoms. The van der Waals surface area contributed by atoms with Gasteiger partial charge in [0.2, 0.25) is 0 Å². The Kier molecular flexibility index (Phi) is 7.51. The van der Waals surface area contributed by atoms with Crippen molar-refractivity contribution in [2.75, 3.05) is 6.61 Å². The Labute approximate surface area is 200 Å². The van der Waals surface area contributed by atoms with Crippen LogP contribution in [0.3, 0.4) is 0 Å². The van der Waals surface area contributed by atoms with Gasteiger partial charge in [0.05, 0.1) is 17.2 Å². The smallest absolute Gasteiger partial charge is 0.416 e. The van der Waals surface area contributed by atoms with Crippen LogP contribution in [-0.4, -0.2) is 23.3 Å². The van der Waals surface area contributed by atoms with Crippen molar-refractivity contribution in [2.45, 2.75) is 45.4 Å². The molecule has 0 saturated heterocycles. The molecule has 0 radical (unpaired) electrons. The molecule has 9 heteroatoms. The first-order valence-corrected chi connectivity index (χ1v) is 10.9. The van der Waals surface area contributed by atoms with E-state index in [2.05, 4.69) is 0 Å². The number of hydrogen-bond donors (Lipinski definition) is 1. The minimum atomic E-state index is -4.38. The maximum atomic E-state index is 12.8. The fourth-order valence-corrected chi connectivity index (χ4v) is 3.37. The fourth-order valence-electron chi connectivity index (χ4n) is 3.16. The molecule has 0 atom stereocenters. The number of carboxylic acid groups (broad SMARTS) is 1. The third kappa shape index (κ3) is 6.26. The molecule has 1 N–H and O–H groups in total. The van der Waals surface area contributed by atoms with Gasteiger partial charge in [-0.1, -0.05) is 23.7 Å². The number of furan rings is 1. The molecule has 0 fully saturated rings. The summed E-state index contributed by atoms with van der Waals surface area (Å²) in [6.07, 6.45) is -3.07. The van der Waals surface area contributed by atoms with E-state index >= 15 is 0 Å². The van der Waals surface area contributed by atoms with Crippen molar-refractivity contribution in [1.82, 2.24) is 0 Å². The first-order valence-electron chi connectivity index (χ1n) is 10.5. The highest BCUT2D eigenvalue weighted by Gasteiger charge is 2.31. The van der Waals surface area contributed by atoms with Gasteiger partial charge in [0, 0.05) is 11.6 Å². The minimum absolute atomic E-state index is 0.235. The standard InChI is InChI=1S/C25H24ClF3O5/c1-15-17(13-22(33-15)16-6-8-18(9-7-16)25(27,28)29)5-4-12-32-19-10-11-21(20(26)14-19)34-24(2,3)23(30)31/h6-11,13-14H,4-5,12H2,1-3H3,(H,30,31). The lowest BCUT2D eigenvalue weighted by Gasteiger charge is -2.22. The number of carbonyl (C=O) groups is 1. The molecule has 2 aromatic carbocycles. The number of benzene rings is 2. The van der Waals surface area contributed by atoms with Crippen LogP contribution in [0.25, 0.3) is 11.3 Å². The number of carboxylic acids is 1. The Hall–Kier alpha value is -3.13. The average molecular weight is 497 g/mol. The van der Waals surface area contributed by atoms with E-state index in [9.17, 15) is 23.1 Å². The molecule has 1 heterocycles. The molecule has 0 bridgehead atoms. The molecule has 5 nitrogen and oxygen atoms in total. The highest BCUT2D eigenvalue weighted by atomic mass is 35.5. The van der Waals surface area contributed by atoms with Gasteiger partial charge in [-0.2, -0.15) is 13.2 Å². The number of aryl methyl sites for hydroxylation is 2. The molecule has 182 valence electrons. The molecule has 3 aromatic rings. The summed E-state index contributed by atoms with van der Waals surface area (Å²) in [5.74, 6) is 0.847. The van der Waals surface area contributed by atoms with Crippen LogP contribution in [0, 0.1) is 6.92 Å². The summed E-state index contributed by atoms with van der Waals surface area (Å²) < 4.78 is 55.2. The number of hydrogen-bond acceptors (Lipinski definition) is 4. The molecule has 0 aliphatic heterocycles. The van der Waals surface area contributed by atoms with Crippen LogP contribution in [0.4, 0.5) is 13.2 Å². The molecule has 0 saturated carbocycles. The van der Waals surface area contributed by atoms with Gasteiger partial charge in [0.1, 0.15) is 23.0 Å². The van der Waals surface area contributed by atoms with Crippen molar-refractivity contribution >= 4 is 17.6 Å². The van der Waals surface area contributed by atoms with Crippen molar-refractivity contribution < 1.29 is 37.0 Å². The van der Waals surface area contributed by atoms with E-state index in [0.717, 1.165) is 17.7 Å². The second-order valence-electron chi connectivity index (χ2n) is 8.23. The molecule has 34 heavy (non-hydrogen) atoms. The molecule has 0 unspecified atom stereocenters. The predicted molar refractivity (Wildman–Crippen MR) is 121 cm³/mol. The Morgan fingerprint density at radius 1 is 1.09 bits per heavy atom. The van der Waals surface area contributed by atoms with Crippen molar-refractivity contribution in [3.8, 4) is 22.8 Å². The molecule has 3 rings (SSSR count). The Morgan fingerprint density at radius 3 is 2.35 bits per heavy atom. The molecule has 0 aliphatic rings. The monoisotopic (exact) mass is 496 g/mol. The van der Waals surface area contributed by atoms with E-state index in [-0.39, 0.29) is 10.8 Å². The van der Waals surface area contributed by atoms with E-state index < -0.39 is 23.3 Å². The van der Waals surface area contributed by atoms with Crippen molar-refractivity contribution in [1.29, 1.82) is 0 Å². The first-order chi connectivity index (χ1) is 15.9. The topological polar surface area (TPSA) is 68.9 Å². The van der Waals surface area contributed by atoms with E-state index in [0.29, 0.717) is 42.3 Å². The molecule has 0 amide bonds. The summed E-state index contributed by atoms with van der Waals surface area (Å²) in [6.45, 7) is 5.05. The van der Waals surface area contributed by atoms with Gasteiger partial charge in [0.25, 0.3) is 0 Å². The van der Waals surface area contributed by atoms with Crippen molar-refractivity contribution in [2.24, 2.45) is 0 Å². The largest absolute Gasteiger partial charge is 0.494 e. The van der Waals surface area contributed by atoms with Gasteiger partial charge in [-0.05, 0) is 69.5 Å². The van der Waals surface area contributed by atoms with Crippen LogP contribution in [-0.2, 0) is 17.4 Å². The van der Waals surface area contributed by atoms with Gasteiger partial charge in [-0.25, -0.2) is 4.79 Å². The lowest BCUT2D eigenvalue weighted by molar-refractivity contribution is -0.152. The summed E-state index contributed by atoms with van der Waals surface area (Å²) >= 11 is 6.19. The quantitative estimate of drug-likeness (QED) is 0.318. The molecule has 1 aromatic heterocycles. The SMILES string of the molecule is Cc1oc(-c2ccc(C(F)(F)F)cc2)cc1CCCOc1ccc(OC(C)(C)C(=O)O)c(Cl)c1. The summed E-state index contributed by atoms with van der Waals surface area (Å²) in [5.41, 5.74) is -0.617. The highest BCUT2D eigenvalue weighted by Crippen LogP contribution is 2.33. The molecular formula is C25H24ClF3O5. The fraction of sp³-hybridized carbons (Fsp3) is 0.320. The Balaban J connectivity index is 1.55. The number of rotatable bonds is 9. The predicted octanol–water partition coefficient (Wildman–Crippen LogP) is 7.18. The molecular weight excluding hydrogens is 473 g/mol. The second-order valence-corrected chi connectivity index (χ2v) is 8.64. The maximum Gasteiger partial charge on any atom is 0.416 e. The van der Waals surface area contributed by atoms with Gasteiger partial charge in [0.15, 0.2) is 5.60 Å². The van der Waals surface area contributed by atoms with Crippen LogP contribution >= 0.6 is 11.6 Å². The third-order valence-electron chi connectivity index (χ3n) is 5.16. The van der Waals surface area contributed by atoms with Crippen LogP contribution in [0.2, 0.25) is 5.02 Å². The summed E-state index contributed by atoms with van der Waals surface area (Å²) in [4.78, 5) is 11.2. The zero-order valence-corrected chi connectivity index (χ0v) is 19.6. The molecule has 0 aliphatic carbocycles. The lowest BCUT2D eigenvalue weighted by Crippen LogP contribution is -2.37. The highest BCUT2D eigenvalue weighted by molar-refractivity contribution is 6.32. The van der Waals surface area contributed by atoms with Crippen molar-refractivity contribution in [3.63, 3.8) is 0 Å². The zero-order chi connectivity index (χ0) is 25.1. The van der Waals surface area contributed by atoms with E-state index in [1.807, 2.05) is 6.07 Å². The summed E-state index contributed by atoms with van der Waals surface area (Å²) in [7, 11) is 0. The normalized spacial score (nSPS) is 12.0. The van der Waals surface area contributed by atoms with Crippen LogP contribution < -0.4 is 9.47 Å².